The van der Waals surface area contributed by atoms with Gasteiger partial charge in [-0.3, -0.25) is 4.72 Å². The van der Waals surface area contributed by atoms with Gasteiger partial charge in [0.1, 0.15) is 4.21 Å². The predicted molar refractivity (Wildman–Crippen MR) is 83.0 cm³/mol. The summed E-state index contributed by atoms with van der Waals surface area (Å²) in [7, 11) is -3.73. The Labute approximate surface area is 131 Å². The second-order valence-electron chi connectivity index (χ2n) is 4.46. The first-order valence-corrected chi connectivity index (χ1v) is 8.51. The maximum absolute atomic E-state index is 12.2. The van der Waals surface area contributed by atoms with Crippen LogP contribution in [0.25, 0.3) is 0 Å². The number of anilines is 1. The summed E-state index contributed by atoms with van der Waals surface area (Å²) in [5, 5.41) is 8.95. The van der Waals surface area contributed by atoms with Crippen molar-refractivity contribution in [2.75, 3.05) is 4.72 Å². The molecule has 0 aliphatic rings. The molecule has 0 aliphatic carbocycles. The predicted octanol–water partition coefficient (Wildman–Crippen LogP) is 3.52. The van der Waals surface area contributed by atoms with Gasteiger partial charge in [-0.15, -0.1) is 11.3 Å². The number of rotatable bonds is 4. The molecule has 21 heavy (non-hydrogen) atoms. The Morgan fingerprint density at radius 3 is 2.38 bits per heavy atom. The van der Waals surface area contributed by atoms with Gasteiger partial charge in [0.2, 0.25) is 0 Å². The zero-order chi connectivity index (χ0) is 15.8. The molecule has 2 N–H and O–H groups in total. The van der Waals surface area contributed by atoms with Crippen LogP contribution in [0, 0.1) is 13.8 Å². The Balaban J connectivity index is 2.33. The number of hydrogen-bond acceptors (Lipinski definition) is 4. The van der Waals surface area contributed by atoms with Crippen LogP contribution in [-0.2, 0) is 10.0 Å². The first-order chi connectivity index (χ1) is 9.70. The summed E-state index contributed by atoms with van der Waals surface area (Å²) in [6.07, 6.45) is 0. The second-order valence-corrected chi connectivity index (χ2v) is 8.03. The van der Waals surface area contributed by atoms with Crippen LogP contribution in [0.1, 0.15) is 21.5 Å². The number of aryl methyl sites for hydroxylation is 2. The quantitative estimate of drug-likeness (QED) is 0.888. The molecule has 0 spiro atoms. The van der Waals surface area contributed by atoms with Crippen LogP contribution in [0.15, 0.2) is 28.5 Å². The highest BCUT2D eigenvalue weighted by atomic mass is 35.5. The fourth-order valence-electron chi connectivity index (χ4n) is 1.74. The molecule has 8 heteroatoms. The van der Waals surface area contributed by atoms with E-state index in [2.05, 4.69) is 4.72 Å². The van der Waals surface area contributed by atoms with E-state index in [0.29, 0.717) is 21.2 Å². The molecule has 1 heterocycles. The molecule has 1 aromatic carbocycles. The van der Waals surface area contributed by atoms with E-state index in [0.717, 1.165) is 11.3 Å². The molecule has 0 amide bonds. The zero-order valence-corrected chi connectivity index (χ0v) is 13.6. The molecule has 0 radical (unpaired) electrons. The Morgan fingerprint density at radius 1 is 1.24 bits per heavy atom. The summed E-state index contributed by atoms with van der Waals surface area (Å²) >= 11 is 6.85. The van der Waals surface area contributed by atoms with Crippen LogP contribution in [0.4, 0.5) is 5.69 Å². The van der Waals surface area contributed by atoms with E-state index in [-0.39, 0.29) is 9.77 Å². The molecular weight excluding hydrogens is 334 g/mol. The van der Waals surface area contributed by atoms with Gasteiger partial charge in [-0.1, -0.05) is 11.6 Å². The Kier molecular flexibility index (Phi) is 4.27. The lowest BCUT2D eigenvalue weighted by Crippen LogP contribution is -2.12. The van der Waals surface area contributed by atoms with Gasteiger partial charge in [0.25, 0.3) is 10.0 Å². The molecule has 1 aromatic heterocycles. The van der Waals surface area contributed by atoms with E-state index in [1.165, 1.54) is 24.3 Å². The summed E-state index contributed by atoms with van der Waals surface area (Å²) in [6, 6.07) is 5.75. The number of sulfonamides is 1. The van der Waals surface area contributed by atoms with Gasteiger partial charge >= 0.3 is 5.97 Å². The minimum atomic E-state index is -3.73. The van der Waals surface area contributed by atoms with Crippen molar-refractivity contribution >= 4 is 44.6 Å². The molecule has 0 atom stereocenters. The number of thiophene rings is 1. The summed E-state index contributed by atoms with van der Waals surface area (Å²) in [5.74, 6) is -1.05. The third-order valence-corrected chi connectivity index (χ3v) is 6.22. The Hall–Kier alpha value is -1.57. The van der Waals surface area contributed by atoms with E-state index in [1.807, 2.05) is 0 Å². The lowest BCUT2D eigenvalue weighted by molar-refractivity contribution is 0.0696. The molecule has 0 bridgehead atoms. The zero-order valence-electron chi connectivity index (χ0n) is 11.2. The van der Waals surface area contributed by atoms with Crippen LogP contribution in [0.5, 0.6) is 0 Å². The van der Waals surface area contributed by atoms with Gasteiger partial charge < -0.3 is 5.11 Å². The normalized spacial score (nSPS) is 11.4. The minimum Gasteiger partial charge on any atom is -0.478 e. The number of carbonyl (C=O) groups is 1. The van der Waals surface area contributed by atoms with Gasteiger partial charge in [0.15, 0.2) is 0 Å². The van der Waals surface area contributed by atoms with Gasteiger partial charge in [0.05, 0.1) is 9.90 Å². The van der Waals surface area contributed by atoms with Crippen LogP contribution >= 0.6 is 22.9 Å². The Bertz CT molecular complexity index is 792. The van der Waals surface area contributed by atoms with Crippen molar-refractivity contribution < 1.29 is 18.3 Å². The van der Waals surface area contributed by atoms with Crippen molar-refractivity contribution in [2.45, 2.75) is 18.1 Å². The summed E-state index contributed by atoms with van der Waals surface area (Å²) in [4.78, 5) is 10.9. The first kappa shape index (κ1) is 15.8. The SMILES string of the molecule is Cc1cc(NS(=O)(=O)c2cc(C)c(Cl)s2)ccc1C(=O)O. The summed E-state index contributed by atoms with van der Waals surface area (Å²) in [6.45, 7) is 3.33. The van der Waals surface area contributed by atoms with Crippen molar-refractivity contribution in [1.29, 1.82) is 0 Å². The molecule has 0 unspecified atom stereocenters. The molecule has 2 aromatic rings. The van der Waals surface area contributed by atoms with E-state index in [9.17, 15) is 13.2 Å². The van der Waals surface area contributed by atoms with Crippen LogP contribution in [0.3, 0.4) is 0 Å². The molecule has 112 valence electrons. The molecule has 0 saturated heterocycles. The van der Waals surface area contributed by atoms with Gasteiger partial charge in [-0.2, -0.15) is 0 Å². The first-order valence-electron chi connectivity index (χ1n) is 5.83. The van der Waals surface area contributed by atoms with E-state index in [1.54, 1.807) is 13.8 Å². The highest BCUT2D eigenvalue weighted by Crippen LogP contribution is 2.31. The maximum Gasteiger partial charge on any atom is 0.335 e. The monoisotopic (exact) mass is 345 g/mol. The molecule has 0 fully saturated rings. The number of nitrogens with one attached hydrogen (secondary N) is 1. The lowest BCUT2D eigenvalue weighted by atomic mass is 10.1. The Morgan fingerprint density at radius 2 is 1.90 bits per heavy atom. The second kappa shape index (κ2) is 5.67. The topological polar surface area (TPSA) is 83.5 Å². The molecule has 0 aliphatic heterocycles. The number of carboxylic acids is 1. The van der Waals surface area contributed by atoms with Crippen molar-refractivity contribution in [2.24, 2.45) is 0 Å². The largest absolute Gasteiger partial charge is 0.478 e. The fourth-order valence-corrected chi connectivity index (χ4v) is 4.49. The molecular formula is C13H12ClNO4S2. The smallest absolute Gasteiger partial charge is 0.335 e. The molecule has 2 rings (SSSR count). The number of halogens is 1. The molecule has 5 nitrogen and oxygen atoms in total. The third-order valence-electron chi connectivity index (χ3n) is 2.81. The van der Waals surface area contributed by atoms with Crippen molar-refractivity contribution in [3.63, 3.8) is 0 Å². The van der Waals surface area contributed by atoms with E-state index >= 15 is 0 Å². The number of aromatic carboxylic acids is 1. The lowest BCUT2D eigenvalue weighted by Gasteiger charge is -2.08. The van der Waals surface area contributed by atoms with Gasteiger partial charge in [-0.05, 0) is 49.2 Å². The fraction of sp³-hybridized carbons (Fsp3) is 0.154. The van der Waals surface area contributed by atoms with Gasteiger partial charge in [0, 0.05) is 5.69 Å². The highest BCUT2D eigenvalue weighted by molar-refractivity contribution is 7.94. The van der Waals surface area contributed by atoms with Crippen LogP contribution in [0.2, 0.25) is 4.34 Å². The maximum atomic E-state index is 12.2. The number of carboxylic acid groups (broad SMARTS) is 1. The third kappa shape index (κ3) is 3.37. The van der Waals surface area contributed by atoms with Crippen molar-refractivity contribution in [3.8, 4) is 0 Å². The van der Waals surface area contributed by atoms with E-state index < -0.39 is 16.0 Å². The van der Waals surface area contributed by atoms with Crippen molar-refractivity contribution in [3.05, 3.63) is 45.3 Å². The van der Waals surface area contributed by atoms with Gasteiger partial charge in [-0.25, -0.2) is 13.2 Å². The average molecular weight is 346 g/mol. The van der Waals surface area contributed by atoms with E-state index in [4.69, 9.17) is 16.7 Å². The number of benzene rings is 1. The van der Waals surface area contributed by atoms with Crippen LogP contribution in [-0.4, -0.2) is 19.5 Å². The van der Waals surface area contributed by atoms with Crippen LogP contribution < -0.4 is 4.72 Å². The summed E-state index contributed by atoms with van der Waals surface area (Å²) < 4.78 is 27.4. The molecule has 0 saturated carbocycles. The highest BCUT2D eigenvalue weighted by Gasteiger charge is 2.19. The number of hydrogen-bond donors (Lipinski definition) is 2. The van der Waals surface area contributed by atoms with Crippen molar-refractivity contribution in [1.82, 2.24) is 0 Å². The summed E-state index contributed by atoms with van der Waals surface area (Å²) in [5.41, 5.74) is 1.61. The average Bonchev–Trinajstić information content (AvgIpc) is 2.69. The minimum absolute atomic E-state index is 0.116. The standard InChI is InChI=1S/C13H12ClNO4S2/c1-7-5-9(3-4-10(7)13(16)17)15-21(18,19)11-6-8(2)12(14)20-11/h3-6,15H,1-2H3,(H,16,17).